The van der Waals surface area contributed by atoms with Crippen molar-refractivity contribution in [2.45, 2.75) is 18.9 Å². The van der Waals surface area contributed by atoms with E-state index in [1.54, 1.807) is 6.08 Å². The maximum absolute atomic E-state index is 10.8. The highest BCUT2D eigenvalue weighted by Gasteiger charge is 2.31. The van der Waals surface area contributed by atoms with Crippen LogP contribution in [0.4, 0.5) is 0 Å². The van der Waals surface area contributed by atoms with Crippen molar-refractivity contribution in [1.29, 1.82) is 0 Å². The summed E-state index contributed by atoms with van der Waals surface area (Å²) in [6, 6.07) is 0. The van der Waals surface area contributed by atoms with Gasteiger partial charge in [-0.3, -0.25) is 4.18 Å². The van der Waals surface area contributed by atoms with Crippen LogP contribution in [0.2, 0.25) is 0 Å². The summed E-state index contributed by atoms with van der Waals surface area (Å²) in [5.41, 5.74) is 0. The van der Waals surface area contributed by atoms with Gasteiger partial charge in [-0.2, -0.15) is 8.42 Å². The average Bonchev–Trinajstić information content (AvgIpc) is 2.49. The molecule has 0 aromatic heterocycles. The smallest absolute Gasteiger partial charge is 0.334 e. The van der Waals surface area contributed by atoms with Gasteiger partial charge in [-0.25, -0.2) is 4.79 Å². The predicted molar refractivity (Wildman–Crippen MR) is 49.2 cm³/mol. The van der Waals surface area contributed by atoms with E-state index in [0.29, 0.717) is 6.42 Å². The Labute approximate surface area is 82.5 Å². The Morgan fingerprint density at radius 3 is 2.64 bits per heavy atom. The second-order valence-corrected chi connectivity index (χ2v) is 4.83. The van der Waals surface area contributed by atoms with Crippen LogP contribution in [0.25, 0.3) is 0 Å². The molecule has 0 saturated carbocycles. The number of carboxylic acid groups (broad SMARTS) is 1. The molecule has 0 heterocycles. The van der Waals surface area contributed by atoms with Gasteiger partial charge in [-0.15, -0.1) is 0 Å². The van der Waals surface area contributed by atoms with Crippen molar-refractivity contribution in [1.82, 2.24) is 0 Å². The number of carbonyl (C=O) groups is 1. The van der Waals surface area contributed by atoms with Gasteiger partial charge in [-0.05, 0) is 12.8 Å². The molecule has 14 heavy (non-hydrogen) atoms. The summed E-state index contributed by atoms with van der Waals surface area (Å²) in [6.45, 7) is 0. The van der Waals surface area contributed by atoms with E-state index in [4.69, 9.17) is 5.11 Å². The highest BCUT2D eigenvalue weighted by atomic mass is 32.2. The fourth-order valence-corrected chi connectivity index (χ4v) is 1.99. The molecule has 1 N–H and O–H groups in total. The molecule has 0 aromatic carbocycles. The van der Waals surface area contributed by atoms with Gasteiger partial charge < -0.3 is 5.11 Å². The molecule has 2 atom stereocenters. The highest BCUT2D eigenvalue weighted by Crippen LogP contribution is 2.23. The van der Waals surface area contributed by atoms with Crippen molar-refractivity contribution < 1.29 is 22.5 Å². The van der Waals surface area contributed by atoms with Gasteiger partial charge in [0.05, 0.1) is 6.26 Å². The van der Waals surface area contributed by atoms with Crippen LogP contribution in [0.1, 0.15) is 12.8 Å². The maximum Gasteiger partial charge on any atom is 0.334 e. The van der Waals surface area contributed by atoms with Crippen molar-refractivity contribution in [3.63, 3.8) is 0 Å². The molecule has 1 unspecified atom stereocenters. The topological polar surface area (TPSA) is 80.7 Å². The van der Waals surface area contributed by atoms with E-state index >= 15 is 0 Å². The minimum absolute atomic E-state index is 0.345. The molecule has 0 bridgehead atoms. The lowest BCUT2D eigenvalue weighted by molar-refractivity contribution is -0.146. The molecule has 0 radical (unpaired) electrons. The van der Waals surface area contributed by atoms with E-state index < -0.39 is 22.2 Å². The number of carboxylic acids is 1. The van der Waals surface area contributed by atoms with Gasteiger partial charge in [0, 0.05) is 5.92 Å². The Balaban J connectivity index is 2.74. The normalized spacial score (nSPS) is 23.6. The Morgan fingerprint density at radius 1 is 1.64 bits per heavy atom. The van der Waals surface area contributed by atoms with Crippen LogP contribution in [0.5, 0.6) is 0 Å². The van der Waals surface area contributed by atoms with Crippen LogP contribution in [0.15, 0.2) is 12.2 Å². The fourth-order valence-electron chi connectivity index (χ4n) is 1.39. The van der Waals surface area contributed by atoms with E-state index in [2.05, 4.69) is 4.18 Å². The summed E-state index contributed by atoms with van der Waals surface area (Å²) in [5.74, 6) is -1.59. The van der Waals surface area contributed by atoms with Gasteiger partial charge in [0.25, 0.3) is 10.1 Å². The summed E-state index contributed by atoms with van der Waals surface area (Å²) in [4.78, 5) is 10.7. The summed E-state index contributed by atoms with van der Waals surface area (Å²) in [7, 11) is -3.72. The minimum Gasteiger partial charge on any atom is -0.479 e. The highest BCUT2D eigenvalue weighted by molar-refractivity contribution is 7.86. The zero-order valence-corrected chi connectivity index (χ0v) is 8.53. The molecule has 0 amide bonds. The largest absolute Gasteiger partial charge is 0.479 e. The summed E-state index contributed by atoms with van der Waals surface area (Å²) in [6.07, 6.45) is 4.45. The van der Waals surface area contributed by atoms with Gasteiger partial charge in [0.1, 0.15) is 0 Å². The fraction of sp³-hybridized carbons (Fsp3) is 0.625. The first-order valence-corrected chi connectivity index (χ1v) is 5.99. The summed E-state index contributed by atoms with van der Waals surface area (Å²) in [5, 5.41) is 8.77. The van der Waals surface area contributed by atoms with Crippen molar-refractivity contribution >= 4 is 16.1 Å². The standard InChI is InChI=1S/C8H12O5S/c1-14(11,12)13-7(8(9)10)6-4-2-3-5-6/h2,4,6-7H,3,5H2,1H3,(H,9,10)/t6?,7-/m0/s1. The Morgan fingerprint density at radius 2 is 2.29 bits per heavy atom. The van der Waals surface area contributed by atoms with Gasteiger partial charge >= 0.3 is 5.97 Å². The first-order chi connectivity index (χ1) is 6.40. The van der Waals surface area contributed by atoms with Gasteiger partial charge in [-0.1, -0.05) is 12.2 Å². The zero-order chi connectivity index (χ0) is 10.8. The third-order valence-electron chi connectivity index (χ3n) is 1.96. The lowest BCUT2D eigenvalue weighted by Crippen LogP contribution is -2.32. The quantitative estimate of drug-likeness (QED) is 0.547. The molecule has 0 aromatic rings. The van der Waals surface area contributed by atoms with E-state index in [9.17, 15) is 13.2 Å². The molecule has 0 fully saturated rings. The second-order valence-electron chi connectivity index (χ2n) is 3.23. The lowest BCUT2D eigenvalue weighted by atomic mass is 10.0. The van der Waals surface area contributed by atoms with E-state index in [1.165, 1.54) is 0 Å². The average molecular weight is 220 g/mol. The molecular weight excluding hydrogens is 208 g/mol. The van der Waals surface area contributed by atoms with Crippen molar-refractivity contribution in [2.75, 3.05) is 6.26 Å². The van der Waals surface area contributed by atoms with Crippen LogP contribution in [0, 0.1) is 5.92 Å². The Bertz CT molecular complexity index is 343. The molecule has 80 valence electrons. The Kier molecular flexibility index (Phi) is 3.28. The monoisotopic (exact) mass is 220 g/mol. The zero-order valence-electron chi connectivity index (χ0n) is 7.71. The molecule has 1 rings (SSSR count). The second kappa shape index (κ2) is 4.10. The van der Waals surface area contributed by atoms with E-state index in [-0.39, 0.29) is 5.92 Å². The Hall–Kier alpha value is -0.880. The third-order valence-corrected chi connectivity index (χ3v) is 2.52. The first-order valence-electron chi connectivity index (χ1n) is 4.18. The molecule has 1 aliphatic rings. The summed E-state index contributed by atoms with van der Waals surface area (Å²) < 4.78 is 26.1. The molecule has 1 aliphatic carbocycles. The maximum atomic E-state index is 10.8. The SMILES string of the molecule is CS(=O)(=O)O[C@H](C(=O)O)C1C=CCC1. The number of allylic oxidation sites excluding steroid dienone is 1. The molecule has 0 aliphatic heterocycles. The molecule has 0 saturated heterocycles. The van der Waals surface area contributed by atoms with E-state index in [1.807, 2.05) is 6.08 Å². The predicted octanol–water partition coefficient (Wildman–Crippen LogP) is 0.382. The molecule has 5 nitrogen and oxygen atoms in total. The lowest BCUT2D eigenvalue weighted by Gasteiger charge is -2.16. The van der Waals surface area contributed by atoms with Crippen LogP contribution in [-0.2, 0) is 19.1 Å². The molecule has 0 spiro atoms. The molecule has 6 heteroatoms. The minimum atomic E-state index is -3.72. The van der Waals surface area contributed by atoms with Gasteiger partial charge in [0.2, 0.25) is 0 Å². The van der Waals surface area contributed by atoms with Crippen LogP contribution >= 0.6 is 0 Å². The summed E-state index contributed by atoms with van der Waals surface area (Å²) >= 11 is 0. The first kappa shape index (κ1) is 11.2. The number of hydrogen-bond acceptors (Lipinski definition) is 4. The third kappa shape index (κ3) is 3.12. The van der Waals surface area contributed by atoms with Crippen LogP contribution in [-0.4, -0.2) is 31.9 Å². The molecular formula is C8H12O5S. The van der Waals surface area contributed by atoms with Crippen LogP contribution < -0.4 is 0 Å². The van der Waals surface area contributed by atoms with Gasteiger partial charge in [0.15, 0.2) is 6.10 Å². The van der Waals surface area contributed by atoms with Crippen molar-refractivity contribution in [3.05, 3.63) is 12.2 Å². The van der Waals surface area contributed by atoms with Crippen LogP contribution in [0.3, 0.4) is 0 Å². The van der Waals surface area contributed by atoms with Crippen molar-refractivity contribution in [3.8, 4) is 0 Å². The van der Waals surface area contributed by atoms with Crippen molar-refractivity contribution in [2.24, 2.45) is 5.92 Å². The number of aliphatic carboxylic acids is 1. The number of rotatable bonds is 4. The van der Waals surface area contributed by atoms with E-state index in [0.717, 1.165) is 12.7 Å². The number of hydrogen-bond donors (Lipinski definition) is 1.